The zero-order valence-electron chi connectivity index (χ0n) is 11.6. The molecular weight excluding hydrogens is 289 g/mol. The van der Waals surface area contributed by atoms with E-state index in [0.717, 1.165) is 22.4 Å². The summed E-state index contributed by atoms with van der Waals surface area (Å²) in [4.78, 5) is 8.70. The average Bonchev–Trinajstić information content (AvgIpc) is 2.85. The third kappa shape index (κ3) is 2.63. The normalized spacial score (nSPS) is 12.7. The largest absolute Gasteiger partial charge is 0.321 e. The molecule has 1 aromatic carbocycles. The molecule has 2 aromatic heterocycles. The van der Waals surface area contributed by atoms with Crippen LogP contribution < -0.4 is 0 Å². The Labute approximate surface area is 127 Å². The predicted octanol–water partition coefficient (Wildman–Crippen LogP) is 3.96. The topological polar surface area (TPSA) is 30.7 Å². The van der Waals surface area contributed by atoms with Gasteiger partial charge in [-0.3, -0.25) is 4.98 Å². The number of aromatic nitrogens is 3. The number of hydrogen-bond donors (Lipinski definition) is 0. The maximum absolute atomic E-state index is 13.5. The Kier molecular flexibility index (Phi) is 3.88. The van der Waals surface area contributed by atoms with Gasteiger partial charge in [0.1, 0.15) is 17.2 Å². The number of halogens is 2. The van der Waals surface area contributed by atoms with Crippen molar-refractivity contribution in [1.82, 2.24) is 14.5 Å². The number of hydrogen-bond acceptors (Lipinski definition) is 2. The molecule has 0 N–H and O–H groups in total. The minimum absolute atomic E-state index is 0.0219. The summed E-state index contributed by atoms with van der Waals surface area (Å²) in [6, 6.07) is 8.56. The highest BCUT2D eigenvalue weighted by Crippen LogP contribution is 2.26. The van der Waals surface area contributed by atoms with Gasteiger partial charge in [-0.25, -0.2) is 9.37 Å². The molecule has 0 aliphatic carbocycles. The van der Waals surface area contributed by atoms with E-state index in [0.29, 0.717) is 12.3 Å². The first-order valence-corrected chi connectivity index (χ1v) is 7.36. The molecule has 5 heteroatoms. The number of pyridine rings is 1. The van der Waals surface area contributed by atoms with Crippen LogP contribution in [0.2, 0.25) is 0 Å². The van der Waals surface area contributed by atoms with Crippen LogP contribution in [-0.4, -0.2) is 20.4 Å². The molecule has 0 amide bonds. The summed E-state index contributed by atoms with van der Waals surface area (Å²) in [6.45, 7) is 2.04. The molecule has 21 heavy (non-hydrogen) atoms. The van der Waals surface area contributed by atoms with Gasteiger partial charge < -0.3 is 4.57 Å². The zero-order valence-corrected chi connectivity index (χ0v) is 12.4. The predicted molar refractivity (Wildman–Crippen MR) is 82.2 cm³/mol. The number of nitrogens with zero attached hydrogens (tertiary/aromatic N) is 3. The van der Waals surface area contributed by atoms with Crippen molar-refractivity contribution in [3.63, 3.8) is 0 Å². The van der Waals surface area contributed by atoms with Gasteiger partial charge in [-0.2, -0.15) is 0 Å². The SMILES string of the molecule is CC(c1cccc(F)c1)n1c(CCCl)nc2cnccc21. The van der Waals surface area contributed by atoms with Crippen molar-refractivity contribution >= 4 is 22.6 Å². The summed E-state index contributed by atoms with van der Waals surface area (Å²) in [5.74, 6) is 1.15. The molecule has 0 saturated carbocycles. The van der Waals surface area contributed by atoms with Gasteiger partial charge in [-0.1, -0.05) is 12.1 Å². The molecule has 0 spiro atoms. The molecule has 3 aromatic rings. The van der Waals surface area contributed by atoms with Crippen LogP contribution in [0.3, 0.4) is 0 Å². The van der Waals surface area contributed by atoms with Crippen LogP contribution in [0, 0.1) is 5.82 Å². The minimum atomic E-state index is -0.232. The fourth-order valence-electron chi connectivity index (χ4n) is 2.61. The second-order valence-electron chi connectivity index (χ2n) is 4.93. The fourth-order valence-corrected chi connectivity index (χ4v) is 2.78. The summed E-state index contributed by atoms with van der Waals surface area (Å²) in [7, 11) is 0. The highest BCUT2D eigenvalue weighted by Gasteiger charge is 2.17. The summed E-state index contributed by atoms with van der Waals surface area (Å²) >= 11 is 5.88. The lowest BCUT2D eigenvalue weighted by molar-refractivity contribution is 0.598. The van der Waals surface area contributed by atoms with Gasteiger partial charge in [0.05, 0.1) is 17.8 Å². The third-order valence-corrected chi connectivity index (χ3v) is 3.79. The molecule has 3 rings (SSSR count). The van der Waals surface area contributed by atoms with E-state index in [4.69, 9.17) is 11.6 Å². The third-order valence-electron chi connectivity index (χ3n) is 3.60. The summed E-state index contributed by atoms with van der Waals surface area (Å²) < 4.78 is 15.6. The summed E-state index contributed by atoms with van der Waals surface area (Å²) in [5, 5.41) is 0. The highest BCUT2D eigenvalue weighted by molar-refractivity contribution is 6.17. The van der Waals surface area contributed by atoms with Crippen LogP contribution >= 0.6 is 11.6 Å². The summed E-state index contributed by atoms with van der Waals surface area (Å²) in [6.07, 6.45) is 4.14. The first-order chi connectivity index (χ1) is 10.2. The molecule has 0 saturated heterocycles. The van der Waals surface area contributed by atoms with Gasteiger partial charge in [-0.15, -0.1) is 11.6 Å². The first-order valence-electron chi connectivity index (χ1n) is 6.83. The Morgan fingerprint density at radius 3 is 2.95 bits per heavy atom. The molecule has 3 nitrogen and oxygen atoms in total. The maximum atomic E-state index is 13.5. The van der Waals surface area contributed by atoms with Gasteiger partial charge in [0.25, 0.3) is 0 Å². The molecule has 0 radical (unpaired) electrons. The Bertz CT molecular complexity index is 769. The monoisotopic (exact) mass is 303 g/mol. The Hall–Kier alpha value is -1.94. The van der Waals surface area contributed by atoms with E-state index >= 15 is 0 Å². The van der Waals surface area contributed by atoms with Gasteiger partial charge in [0.2, 0.25) is 0 Å². The molecule has 108 valence electrons. The standard InChI is InChI=1S/C16H15ClFN3/c1-11(12-3-2-4-13(18)9-12)21-15-6-8-19-10-14(15)20-16(21)5-7-17/h2-4,6,8-11H,5,7H2,1H3. The Morgan fingerprint density at radius 2 is 2.19 bits per heavy atom. The smallest absolute Gasteiger partial charge is 0.123 e. The van der Waals surface area contributed by atoms with Crippen LogP contribution in [0.5, 0.6) is 0 Å². The van der Waals surface area contributed by atoms with Crippen molar-refractivity contribution in [2.75, 3.05) is 5.88 Å². The molecular formula is C16H15ClFN3. The van der Waals surface area contributed by atoms with E-state index in [9.17, 15) is 4.39 Å². The molecule has 0 fully saturated rings. The number of alkyl halides is 1. The van der Waals surface area contributed by atoms with E-state index in [1.807, 2.05) is 19.1 Å². The van der Waals surface area contributed by atoms with Gasteiger partial charge >= 0.3 is 0 Å². The van der Waals surface area contributed by atoms with Crippen LogP contribution in [0.15, 0.2) is 42.7 Å². The van der Waals surface area contributed by atoms with E-state index < -0.39 is 0 Å². The lowest BCUT2D eigenvalue weighted by Gasteiger charge is -2.18. The van der Waals surface area contributed by atoms with E-state index in [1.165, 1.54) is 6.07 Å². The van der Waals surface area contributed by atoms with E-state index in [-0.39, 0.29) is 11.9 Å². The Balaban J connectivity index is 2.15. The Morgan fingerprint density at radius 1 is 1.33 bits per heavy atom. The van der Waals surface area contributed by atoms with Crippen molar-refractivity contribution in [1.29, 1.82) is 0 Å². The maximum Gasteiger partial charge on any atom is 0.123 e. The number of rotatable bonds is 4. The zero-order chi connectivity index (χ0) is 14.8. The lowest BCUT2D eigenvalue weighted by Crippen LogP contribution is -2.11. The fraction of sp³-hybridized carbons (Fsp3) is 0.250. The van der Waals surface area contributed by atoms with Crippen LogP contribution in [0.4, 0.5) is 4.39 Å². The molecule has 0 aliphatic rings. The van der Waals surface area contributed by atoms with Gasteiger partial charge in [0, 0.05) is 18.5 Å². The summed E-state index contributed by atoms with van der Waals surface area (Å²) in [5.41, 5.74) is 2.73. The van der Waals surface area contributed by atoms with Crippen LogP contribution in [0.1, 0.15) is 24.4 Å². The van der Waals surface area contributed by atoms with E-state index in [2.05, 4.69) is 14.5 Å². The molecule has 1 atom stereocenters. The molecule has 2 heterocycles. The van der Waals surface area contributed by atoms with Crippen molar-refractivity contribution in [2.45, 2.75) is 19.4 Å². The minimum Gasteiger partial charge on any atom is -0.321 e. The number of aryl methyl sites for hydroxylation is 1. The second kappa shape index (κ2) is 5.82. The van der Waals surface area contributed by atoms with Crippen molar-refractivity contribution < 1.29 is 4.39 Å². The highest BCUT2D eigenvalue weighted by atomic mass is 35.5. The molecule has 1 unspecified atom stereocenters. The molecule has 0 aliphatic heterocycles. The van der Waals surface area contributed by atoms with Gasteiger partial charge in [0.15, 0.2) is 0 Å². The van der Waals surface area contributed by atoms with Crippen LogP contribution in [0.25, 0.3) is 11.0 Å². The van der Waals surface area contributed by atoms with Crippen molar-refractivity contribution in [3.8, 4) is 0 Å². The quantitative estimate of drug-likeness (QED) is 0.683. The van der Waals surface area contributed by atoms with Gasteiger partial charge in [-0.05, 0) is 30.7 Å². The number of benzene rings is 1. The van der Waals surface area contributed by atoms with Crippen molar-refractivity contribution in [2.24, 2.45) is 0 Å². The van der Waals surface area contributed by atoms with E-state index in [1.54, 1.807) is 24.5 Å². The molecule has 0 bridgehead atoms. The number of imidazole rings is 1. The van der Waals surface area contributed by atoms with Crippen LogP contribution in [-0.2, 0) is 6.42 Å². The average molecular weight is 304 g/mol. The second-order valence-corrected chi connectivity index (χ2v) is 5.31. The number of fused-ring (bicyclic) bond motifs is 1. The first kappa shape index (κ1) is 14.0. The van der Waals surface area contributed by atoms with Crippen molar-refractivity contribution in [3.05, 3.63) is 59.9 Å². The lowest BCUT2D eigenvalue weighted by atomic mass is 10.1.